The first-order valence-corrected chi connectivity index (χ1v) is 10.7. The molecule has 5 heteroatoms. The first-order valence-electron chi connectivity index (χ1n) is 10.7. The van der Waals surface area contributed by atoms with Gasteiger partial charge in [-0.2, -0.15) is 0 Å². The molecule has 0 fully saturated rings. The van der Waals surface area contributed by atoms with E-state index in [4.69, 9.17) is 4.74 Å². The van der Waals surface area contributed by atoms with Crippen LogP contribution in [-0.4, -0.2) is 59.7 Å². The maximum absolute atomic E-state index is 13.1. The van der Waals surface area contributed by atoms with Crippen LogP contribution in [0.15, 0.2) is 42.5 Å². The number of β-amino-alcohol motifs (C(OH)–C–C–N with tert-alkyl or cyclic N) is 1. The lowest BCUT2D eigenvalue weighted by molar-refractivity contribution is 0.0513. The molecule has 1 atom stereocenters. The summed E-state index contributed by atoms with van der Waals surface area (Å²) in [5, 5.41) is 10.7. The van der Waals surface area contributed by atoms with E-state index in [1.54, 1.807) is 0 Å². The molecule has 29 heavy (non-hydrogen) atoms. The van der Waals surface area contributed by atoms with Gasteiger partial charge in [0.15, 0.2) is 0 Å². The van der Waals surface area contributed by atoms with Crippen LogP contribution in [-0.2, 0) is 19.4 Å². The zero-order valence-corrected chi connectivity index (χ0v) is 17.1. The molecular formula is C24H30N2O3. The van der Waals surface area contributed by atoms with E-state index in [1.165, 1.54) is 11.1 Å². The summed E-state index contributed by atoms with van der Waals surface area (Å²) in [5.74, 6) is 0.835. The van der Waals surface area contributed by atoms with Crippen LogP contribution in [0.4, 0.5) is 0 Å². The lowest BCUT2D eigenvalue weighted by Crippen LogP contribution is -2.44. The molecule has 2 aromatic carbocycles. The summed E-state index contributed by atoms with van der Waals surface area (Å²) >= 11 is 0. The smallest absolute Gasteiger partial charge is 0.254 e. The number of nitrogens with zero attached hydrogens (tertiary/aromatic N) is 2. The first-order chi connectivity index (χ1) is 14.1. The van der Waals surface area contributed by atoms with Crippen molar-refractivity contribution in [2.24, 2.45) is 0 Å². The van der Waals surface area contributed by atoms with Gasteiger partial charge in [0.2, 0.25) is 0 Å². The van der Waals surface area contributed by atoms with Crippen molar-refractivity contribution in [1.82, 2.24) is 9.80 Å². The number of amides is 1. The maximum Gasteiger partial charge on any atom is 0.254 e. The largest absolute Gasteiger partial charge is 0.494 e. The van der Waals surface area contributed by atoms with Gasteiger partial charge in [0.1, 0.15) is 5.75 Å². The highest BCUT2D eigenvalue weighted by atomic mass is 16.5. The van der Waals surface area contributed by atoms with Gasteiger partial charge in [0.25, 0.3) is 5.91 Å². The van der Waals surface area contributed by atoms with E-state index in [-0.39, 0.29) is 5.91 Å². The summed E-state index contributed by atoms with van der Waals surface area (Å²) in [6.45, 7) is 6.04. The Morgan fingerprint density at radius 1 is 1.03 bits per heavy atom. The normalized spacial score (nSPS) is 18.0. The number of hydrogen-bond acceptors (Lipinski definition) is 4. The fraction of sp³-hybridized carbons (Fsp3) is 0.458. The first kappa shape index (κ1) is 19.9. The summed E-state index contributed by atoms with van der Waals surface area (Å²) in [6.07, 6.45) is 2.23. The molecule has 0 saturated carbocycles. The molecule has 0 saturated heterocycles. The molecule has 2 aliphatic rings. The van der Waals surface area contributed by atoms with Crippen LogP contribution in [0.3, 0.4) is 0 Å². The Morgan fingerprint density at radius 3 is 2.69 bits per heavy atom. The molecule has 2 heterocycles. The Bertz CT molecular complexity index is 867. The highest BCUT2D eigenvalue weighted by Crippen LogP contribution is 2.24. The van der Waals surface area contributed by atoms with Crippen molar-refractivity contribution in [2.45, 2.75) is 38.8 Å². The molecule has 0 radical (unpaired) electrons. The van der Waals surface area contributed by atoms with E-state index >= 15 is 0 Å². The SMILES string of the molecule is CCOc1ccc2c(c1)CCCN(C[C@H](O)CN1CCc3ccccc3C1)C2=O. The molecule has 4 rings (SSSR count). The molecule has 2 aliphatic heterocycles. The van der Waals surface area contributed by atoms with Crippen LogP contribution in [0, 0.1) is 0 Å². The zero-order valence-electron chi connectivity index (χ0n) is 17.1. The Morgan fingerprint density at radius 2 is 1.86 bits per heavy atom. The van der Waals surface area contributed by atoms with Gasteiger partial charge in [-0.1, -0.05) is 24.3 Å². The number of aliphatic hydroxyl groups is 1. The lowest BCUT2D eigenvalue weighted by atomic mass is 10.00. The number of fused-ring (bicyclic) bond motifs is 2. The minimum atomic E-state index is -0.548. The van der Waals surface area contributed by atoms with Gasteiger partial charge >= 0.3 is 0 Å². The molecule has 0 aromatic heterocycles. The Labute approximate surface area is 172 Å². The van der Waals surface area contributed by atoms with Crippen molar-refractivity contribution in [3.8, 4) is 5.75 Å². The summed E-state index contributed by atoms with van der Waals surface area (Å²) in [7, 11) is 0. The average molecular weight is 395 g/mol. The van der Waals surface area contributed by atoms with E-state index in [9.17, 15) is 9.90 Å². The van der Waals surface area contributed by atoms with Gasteiger partial charge in [-0.25, -0.2) is 0 Å². The van der Waals surface area contributed by atoms with Gasteiger partial charge in [-0.05, 0) is 61.1 Å². The average Bonchev–Trinajstić information content (AvgIpc) is 2.87. The fourth-order valence-corrected chi connectivity index (χ4v) is 4.47. The van der Waals surface area contributed by atoms with Gasteiger partial charge in [0.05, 0.1) is 12.7 Å². The van der Waals surface area contributed by atoms with E-state index < -0.39 is 6.10 Å². The molecule has 1 amide bonds. The van der Waals surface area contributed by atoms with Crippen LogP contribution < -0.4 is 4.74 Å². The Hall–Kier alpha value is -2.37. The molecular weight excluding hydrogens is 364 g/mol. The van der Waals surface area contributed by atoms with Crippen molar-refractivity contribution < 1.29 is 14.6 Å². The molecule has 1 N–H and O–H groups in total. The molecule has 0 bridgehead atoms. The van der Waals surface area contributed by atoms with Gasteiger partial charge in [0, 0.05) is 38.3 Å². The quantitative estimate of drug-likeness (QED) is 0.819. The fourth-order valence-electron chi connectivity index (χ4n) is 4.47. The van der Waals surface area contributed by atoms with Crippen molar-refractivity contribution in [3.63, 3.8) is 0 Å². The second-order valence-corrected chi connectivity index (χ2v) is 8.01. The summed E-state index contributed by atoms with van der Waals surface area (Å²) in [5.41, 5.74) is 4.54. The number of benzene rings is 2. The summed E-state index contributed by atoms with van der Waals surface area (Å²) in [4.78, 5) is 17.2. The monoisotopic (exact) mass is 394 g/mol. The highest BCUT2D eigenvalue weighted by Gasteiger charge is 2.26. The van der Waals surface area contributed by atoms with Crippen LogP contribution in [0.25, 0.3) is 0 Å². The number of aryl methyl sites for hydroxylation is 1. The van der Waals surface area contributed by atoms with Crippen molar-refractivity contribution in [3.05, 3.63) is 64.7 Å². The molecule has 0 aliphatic carbocycles. The van der Waals surface area contributed by atoms with Crippen LogP contribution >= 0.6 is 0 Å². The third kappa shape index (κ3) is 4.62. The minimum Gasteiger partial charge on any atom is -0.494 e. The number of aliphatic hydroxyl groups excluding tert-OH is 1. The van der Waals surface area contributed by atoms with Gasteiger partial charge in [-0.15, -0.1) is 0 Å². The molecule has 2 aromatic rings. The van der Waals surface area contributed by atoms with Crippen molar-refractivity contribution >= 4 is 5.91 Å². The van der Waals surface area contributed by atoms with E-state index in [1.807, 2.05) is 30.0 Å². The minimum absolute atomic E-state index is 0.0172. The molecule has 0 unspecified atom stereocenters. The number of carbonyl (C=O) groups is 1. The third-order valence-corrected chi connectivity index (χ3v) is 5.89. The van der Waals surface area contributed by atoms with Crippen LogP contribution in [0.1, 0.15) is 40.4 Å². The third-order valence-electron chi connectivity index (χ3n) is 5.89. The highest BCUT2D eigenvalue weighted by molar-refractivity contribution is 5.96. The predicted molar refractivity (Wildman–Crippen MR) is 113 cm³/mol. The predicted octanol–water partition coefficient (Wildman–Crippen LogP) is 2.89. The molecule has 154 valence electrons. The number of carbonyl (C=O) groups excluding carboxylic acids is 1. The number of ether oxygens (including phenoxy) is 1. The van der Waals surface area contributed by atoms with E-state index in [2.05, 4.69) is 29.2 Å². The van der Waals surface area contributed by atoms with Gasteiger partial charge in [-0.3, -0.25) is 9.69 Å². The van der Waals surface area contributed by atoms with Crippen molar-refractivity contribution in [1.29, 1.82) is 0 Å². The van der Waals surface area contributed by atoms with Gasteiger partial charge < -0.3 is 14.7 Å². The van der Waals surface area contributed by atoms with Crippen molar-refractivity contribution in [2.75, 3.05) is 32.8 Å². The van der Waals surface area contributed by atoms with E-state index in [0.29, 0.717) is 26.2 Å². The zero-order chi connectivity index (χ0) is 20.2. The Balaban J connectivity index is 1.38. The summed E-state index contributed by atoms with van der Waals surface area (Å²) < 4.78 is 5.58. The van der Waals surface area contributed by atoms with Crippen LogP contribution in [0.5, 0.6) is 5.75 Å². The van der Waals surface area contributed by atoms with Crippen LogP contribution in [0.2, 0.25) is 0 Å². The standard InChI is InChI=1S/C24H30N2O3/c1-2-29-22-9-10-23-19(14-22)8-5-12-26(24(23)28)17-21(27)16-25-13-11-18-6-3-4-7-20(18)15-25/h3-4,6-7,9-10,14,21,27H,2,5,8,11-13,15-17H2,1H3/t21-/m1/s1. The topological polar surface area (TPSA) is 53.0 Å². The second kappa shape index (κ2) is 8.97. The second-order valence-electron chi connectivity index (χ2n) is 8.01. The number of rotatable bonds is 6. The summed E-state index contributed by atoms with van der Waals surface area (Å²) in [6, 6.07) is 14.2. The maximum atomic E-state index is 13.1. The number of hydrogen-bond donors (Lipinski definition) is 1. The lowest BCUT2D eigenvalue weighted by Gasteiger charge is -2.32. The Kier molecular flexibility index (Phi) is 6.16. The van der Waals surface area contributed by atoms with E-state index in [0.717, 1.165) is 49.2 Å². The molecule has 0 spiro atoms. The molecule has 5 nitrogen and oxygen atoms in total.